The zero-order valence-corrected chi connectivity index (χ0v) is 13.5. The molecule has 0 bridgehead atoms. The summed E-state index contributed by atoms with van der Waals surface area (Å²) in [6.45, 7) is 6.42. The van der Waals surface area contributed by atoms with Crippen molar-refractivity contribution in [1.82, 2.24) is 0 Å². The van der Waals surface area contributed by atoms with Crippen LogP contribution in [0.15, 0.2) is 46.9 Å². The molecule has 2 aromatic carbocycles. The zero-order valence-electron chi connectivity index (χ0n) is 13.5. The molecule has 23 heavy (non-hydrogen) atoms. The van der Waals surface area contributed by atoms with Gasteiger partial charge in [-0.2, -0.15) is 0 Å². The fourth-order valence-electron chi connectivity index (χ4n) is 2.50. The molecular formula is C19H19NO3. The molecule has 118 valence electrons. The van der Waals surface area contributed by atoms with Gasteiger partial charge in [0.1, 0.15) is 11.3 Å². The molecular weight excluding hydrogens is 290 g/mol. The van der Waals surface area contributed by atoms with Crippen molar-refractivity contribution in [3.8, 4) is 5.75 Å². The first-order valence-corrected chi connectivity index (χ1v) is 7.62. The first-order chi connectivity index (χ1) is 11.1. The maximum absolute atomic E-state index is 12.5. The second-order valence-electron chi connectivity index (χ2n) is 5.47. The van der Waals surface area contributed by atoms with Gasteiger partial charge >= 0.3 is 0 Å². The molecule has 0 radical (unpaired) electrons. The molecule has 0 fully saturated rings. The Labute approximate surface area is 135 Å². The Balaban J connectivity index is 1.91. The molecule has 0 unspecified atom stereocenters. The number of rotatable bonds is 4. The van der Waals surface area contributed by atoms with Gasteiger partial charge < -0.3 is 14.5 Å². The number of nitrogens with one attached hydrogen (secondary N) is 1. The fourth-order valence-corrected chi connectivity index (χ4v) is 2.50. The van der Waals surface area contributed by atoms with Crippen LogP contribution in [-0.4, -0.2) is 12.5 Å². The van der Waals surface area contributed by atoms with Crippen molar-refractivity contribution in [1.29, 1.82) is 0 Å². The molecule has 0 aliphatic heterocycles. The highest BCUT2D eigenvalue weighted by atomic mass is 16.5. The van der Waals surface area contributed by atoms with Gasteiger partial charge in [0.05, 0.1) is 6.61 Å². The van der Waals surface area contributed by atoms with E-state index in [1.165, 1.54) is 0 Å². The lowest BCUT2D eigenvalue weighted by Gasteiger charge is -2.04. The zero-order chi connectivity index (χ0) is 16.4. The van der Waals surface area contributed by atoms with E-state index in [9.17, 15) is 4.79 Å². The van der Waals surface area contributed by atoms with E-state index in [1.54, 1.807) is 0 Å². The van der Waals surface area contributed by atoms with Gasteiger partial charge in [-0.05, 0) is 51.1 Å². The number of carbonyl (C=O) groups excluding carboxylic acids is 1. The summed E-state index contributed by atoms with van der Waals surface area (Å²) in [5.74, 6) is 0.851. The van der Waals surface area contributed by atoms with Crippen molar-refractivity contribution in [3.05, 3.63) is 59.4 Å². The number of amides is 1. The van der Waals surface area contributed by atoms with Crippen LogP contribution in [0.1, 0.15) is 28.6 Å². The summed E-state index contributed by atoms with van der Waals surface area (Å²) < 4.78 is 11.2. The Bertz CT molecular complexity index is 847. The fraction of sp³-hybridized carbons (Fsp3) is 0.211. The minimum absolute atomic E-state index is 0.250. The number of carbonyl (C=O) groups is 1. The summed E-state index contributed by atoms with van der Waals surface area (Å²) in [5.41, 5.74) is 3.38. The van der Waals surface area contributed by atoms with E-state index in [1.807, 2.05) is 63.2 Å². The highest BCUT2D eigenvalue weighted by molar-refractivity contribution is 6.06. The SMILES string of the molecule is CCOc1ccc2oc(C(=O)Nc3ccc(C)cc3)c(C)c2c1. The Morgan fingerprint density at radius 3 is 2.57 bits per heavy atom. The van der Waals surface area contributed by atoms with E-state index in [0.717, 1.165) is 28.0 Å². The molecule has 1 heterocycles. The number of anilines is 1. The van der Waals surface area contributed by atoms with E-state index in [-0.39, 0.29) is 5.91 Å². The monoisotopic (exact) mass is 309 g/mol. The maximum atomic E-state index is 12.5. The average molecular weight is 309 g/mol. The van der Waals surface area contributed by atoms with Gasteiger partial charge in [0.15, 0.2) is 5.76 Å². The number of benzene rings is 2. The lowest BCUT2D eigenvalue weighted by Crippen LogP contribution is -2.11. The van der Waals surface area contributed by atoms with Crippen LogP contribution in [-0.2, 0) is 0 Å². The quantitative estimate of drug-likeness (QED) is 0.760. The Kier molecular flexibility index (Phi) is 4.06. The molecule has 1 N–H and O–H groups in total. The first kappa shape index (κ1) is 15.2. The number of hydrogen-bond donors (Lipinski definition) is 1. The van der Waals surface area contributed by atoms with Gasteiger partial charge in [0, 0.05) is 16.6 Å². The molecule has 0 saturated carbocycles. The topological polar surface area (TPSA) is 51.5 Å². The third kappa shape index (κ3) is 3.06. The summed E-state index contributed by atoms with van der Waals surface area (Å²) >= 11 is 0. The first-order valence-electron chi connectivity index (χ1n) is 7.62. The number of furan rings is 1. The molecule has 0 aliphatic rings. The summed E-state index contributed by atoms with van der Waals surface area (Å²) in [6, 6.07) is 13.2. The van der Waals surface area contributed by atoms with Gasteiger partial charge in [0.25, 0.3) is 5.91 Å². The summed E-state index contributed by atoms with van der Waals surface area (Å²) in [4.78, 5) is 12.5. The molecule has 0 atom stereocenters. The number of aryl methyl sites for hydroxylation is 2. The van der Waals surface area contributed by atoms with Crippen LogP contribution in [0.5, 0.6) is 5.75 Å². The van der Waals surface area contributed by atoms with Crippen LogP contribution in [0, 0.1) is 13.8 Å². The number of ether oxygens (including phenoxy) is 1. The minimum Gasteiger partial charge on any atom is -0.494 e. The van der Waals surface area contributed by atoms with E-state index >= 15 is 0 Å². The van der Waals surface area contributed by atoms with Gasteiger partial charge in [-0.15, -0.1) is 0 Å². The third-order valence-corrected chi connectivity index (χ3v) is 3.73. The lowest BCUT2D eigenvalue weighted by atomic mass is 10.1. The molecule has 0 saturated heterocycles. The van der Waals surface area contributed by atoms with Crippen molar-refractivity contribution < 1.29 is 13.9 Å². The summed E-state index contributed by atoms with van der Waals surface area (Å²) in [5, 5.41) is 3.76. The van der Waals surface area contributed by atoms with E-state index in [4.69, 9.17) is 9.15 Å². The Hall–Kier alpha value is -2.75. The highest BCUT2D eigenvalue weighted by Crippen LogP contribution is 2.29. The normalized spacial score (nSPS) is 10.7. The molecule has 3 rings (SSSR count). The molecule has 3 aromatic rings. The van der Waals surface area contributed by atoms with Crippen molar-refractivity contribution in [2.75, 3.05) is 11.9 Å². The highest BCUT2D eigenvalue weighted by Gasteiger charge is 2.18. The van der Waals surface area contributed by atoms with Crippen molar-refractivity contribution in [2.45, 2.75) is 20.8 Å². The second kappa shape index (κ2) is 6.16. The standard InChI is InChI=1S/C19H19NO3/c1-4-22-15-9-10-17-16(11-15)13(3)18(23-17)19(21)20-14-7-5-12(2)6-8-14/h5-11H,4H2,1-3H3,(H,20,21). The van der Waals surface area contributed by atoms with E-state index in [2.05, 4.69) is 5.32 Å². The average Bonchev–Trinajstić information content (AvgIpc) is 2.87. The van der Waals surface area contributed by atoms with Crippen LogP contribution in [0.3, 0.4) is 0 Å². The maximum Gasteiger partial charge on any atom is 0.291 e. The molecule has 1 aromatic heterocycles. The predicted molar refractivity (Wildman–Crippen MR) is 91.3 cm³/mol. The molecule has 0 aliphatic carbocycles. The van der Waals surface area contributed by atoms with Gasteiger partial charge in [-0.3, -0.25) is 4.79 Å². The van der Waals surface area contributed by atoms with Crippen LogP contribution in [0.25, 0.3) is 11.0 Å². The van der Waals surface area contributed by atoms with Crippen molar-refractivity contribution in [2.24, 2.45) is 0 Å². The molecule has 0 spiro atoms. The van der Waals surface area contributed by atoms with E-state index in [0.29, 0.717) is 18.0 Å². The number of fused-ring (bicyclic) bond motifs is 1. The minimum atomic E-state index is -0.250. The van der Waals surface area contributed by atoms with Crippen molar-refractivity contribution >= 4 is 22.6 Å². The van der Waals surface area contributed by atoms with Gasteiger partial charge in [-0.25, -0.2) is 0 Å². The van der Waals surface area contributed by atoms with Crippen LogP contribution in [0.2, 0.25) is 0 Å². The largest absolute Gasteiger partial charge is 0.494 e. The molecule has 4 heteroatoms. The van der Waals surface area contributed by atoms with Crippen molar-refractivity contribution in [3.63, 3.8) is 0 Å². The molecule has 1 amide bonds. The Morgan fingerprint density at radius 2 is 1.87 bits per heavy atom. The molecule has 4 nitrogen and oxygen atoms in total. The summed E-state index contributed by atoms with van der Waals surface area (Å²) in [7, 11) is 0. The Morgan fingerprint density at radius 1 is 1.13 bits per heavy atom. The van der Waals surface area contributed by atoms with Crippen LogP contribution >= 0.6 is 0 Å². The number of hydrogen-bond acceptors (Lipinski definition) is 3. The second-order valence-corrected chi connectivity index (χ2v) is 5.47. The lowest BCUT2D eigenvalue weighted by molar-refractivity contribution is 0.0998. The van der Waals surface area contributed by atoms with Crippen LogP contribution in [0.4, 0.5) is 5.69 Å². The summed E-state index contributed by atoms with van der Waals surface area (Å²) in [6.07, 6.45) is 0. The van der Waals surface area contributed by atoms with E-state index < -0.39 is 0 Å². The van der Waals surface area contributed by atoms with Gasteiger partial charge in [0.2, 0.25) is 0 Å². The van der Waals surface area contributed by atoms with Gasteiger partial charge in [-0.1, -0.05) is 17.7 Å². The van der Waals surface area contributed by atoms with Crippen LogP contribution < -0.4 is 10.1 Å². The third-order valence-electron chi connectivity index (χ3n) is 3.73. The predicted octanol–water partition coefficient (Wildman–Crippen LogP) is 4.70. The smallest absolute Gasteiger partial charge is 0.291 e.